The summed E-state index contributed by atoms with van der Waals surface area (Å²) in [6, 6.07) is 9.60. The third-order valence-electron chi connectivity index (χ3n) is 5.22. The summed E-state index contributed by atoms with van der Waals surface area (Å²) in [6.45, 7) is 2.00. The van der Waals surface area contributed by atoms with Gasteiger partial charge in [-0.2, -0.15) is 5.26 Å². The summed E-state index contributed by atoms with van der Waals surface area (Å²) in [7, 11) is 0. The van der Waals surface area contributed by atoms with E-state index in [1.807, 2.05) is 17.0 Å². The number of carbonyl (C=O) groups is 2. The Morgan fingerprint density at radius 2 is 2.04 bits per heavy atom. The van der Waals surface area contributed by atoms with Crippen molar-refractivity contribution in [3.05, 3.63) is 35.4 Å². The number of likely N-dealkylation sites (tertiary alicyclic amines) is 1. The monoisotopic (exact) mass is 341 g/mol. The van der Waals surface area contributed by atoms with Crippen molar-refractivity contribution >= 4 is 11.8 Å². The van der Waals surface area contributed by atoms with Gasteiger partial charge in [-0.05, 0) is 30.4 Å². The summed E-state index contributed by atoms with van der Waals surface area (Å²) in [6.07, 6.45) is 3.24. The van der Waals surface area contributed by atoms with E-state index in [9.17, 15) is 9.59 Å². The Hall–Kier alpha value is -2.39. The lowest BCUT2D eigenvalue weighted by atomic mass is 9.99. The molecule has 2 aliphatic rings. The van der Waals surface area contributed by atoms with E-state index < -0.39 is 6.04 Å². The van der Waals surface area contributed by atoms with Gasteiger partial charge in [0.1, 0.15) is 6.04 Å². The number of fused-ring (bicyclic) bond motifs is 1. The normalized spacial score (nSPS) is 20.7. The third kappa shape index (κ3) is 3.83. The van der Waals surface area contributed by atoms with Crippen LogP contribution in [0.1, 0.15) is 36.8 Å². The van der Waals surface area contributed by atoms with Gasteiger partial charge >= 0.3 is 0 Å². The van der Waals surface area contributed by atoms with Crippen LogP contribution in [0.4, 0.5) is 0 Å². The summed E-state index contributed by atoms with van der Waals surface area (Å²) in [5.41, 5.74) is 6.45. The van der Waals surface area contributed by atoms with Gasteiger partial charge < -0.3 is 15.5 Å². The molecule has 0 aromatic heterocycles. The van der Waals surface area contributed by atoms with Crippen LogP contribution < -0.4 is 5.73 Å². The average molecular weight is 341 g/mol. The first-order chi connectivity index (χ1) is 12.1. The summed E-state index contributed by atoms with van der Waals surface area (Å²) in [4.78, 5) is 28.4. The lowest BCUT2D eigenvalue weighted by Crippen LogP contribution is -2.68. The number of benzene rings is 1. The molecular weight excluding hydrogens is 316 g/mol. The number of nitriles is 1. The maximum absolute atomic E-state index is 12.5. The third-order valence-corrected chi connectivity index (χ3v) is 5.22. The molecule has 6 heteroatoms. The van der Waals surface area contributed by atoms with Crippen LogP contribution in [-0.2, 0) is 22.6 Å². The molecule has 1 aromatic carbocycles. The first kappa shape index (κ1) is 17.4. The van der Waals surface area contributed by atoms with Gasteiger partial charge in [-0.1, -0.05) is 24.3 Å². The molecule has 0 unspecified atom stereocenters. The number of hydrogen-bond donors (Lipinski definition) is 1. The Balaban J connectivity index is 1.51. The average Bonchev–Trinajstić information content (AvgIpc) is 3.13. The first-order valence-electron chi connectivity index (χ1n) is 8.98. The molecule has 3 N–H and O–H groups in total. The lowest BCUT2D eigenvalue weighted by Gasteiger charge is -2.29. The summed E-state index contributed by atoms with van der Waals surface area (Å²) < 4.78 is 0. The van der Waals surface area contributed by atoms with Crippen LogP contribution in [0.5, 0.6) is 0 Å². The van der Waals surface area contributed by atoms with Gasteiger partial charge in [-0.15, -0.1) is 0 Å². The summed E-state index contributed by atoms with van der Waals surface area (Å²) in [5, 5.41) is 9.11. The van der Waals surface area contributed by atoms with E-state index in [4.69, 9.17) is 5.26 Å². The van der Waals surface area contributed by atoms with Crippen LogP contribution in [0.15, 0.2) is 24.3 Å². The van der Waals surface area contributed by atoms with Crippen molar-refractivity contribution in [1.29, 1.82) is 5.26 Å². The van der Waals surface area contributed by atoms with E-state index in [0.29, 0.717) is 25.9 Å². The second-order valence-electron chi connectivity index (χ2n) is 6.89. The van der Waals surface area contributed by atoms with Gasteiger partial charge in [-0.3, -0.25) is 9.59 Å². The van der Waals surface area contributed by atoms with E-state index in [2.05, 4.69) is 23.9 Å². The zero-order chi connectivity index (χ0) is 17.8. The molecule has 1 fully saturated rings. The number of hydrogen-bond acceptors (Lipinski definition) is 3. The van der Waals surface area contributed by atoms with Crippen molar-refractivity contribution in [3.63, 3.8) is 0 Å². The van der Waals surface area contributed by atoms with Gasteiger partial charge in [0.05, 0.1) is 6.07 Å². The Bertz CT molecular complexity index is 697. The van der Waals surface area contributed by atoms with Gasteiger partial charge in [-0.25, -0.2) is 0 Å². The van der Waals surface area contributed by atoms with E-state index in [-0.39, 0.29) is 17.9 Å². The van der Waals surface area contributed by atoms with Crippen LogP contribution in [0.25, 0.3) is 0 Å². The maximum atomic E-state index is 12.5. The second-order valence-corrected chi connectivity index (χ2v) is 6.89. The standard InChI is InChI=1S/C19H24N4O2/c20-12-16-6-3-10-23(16)19(25)17(21)7-8-18(24)22-11-9-14-4-1-2-5-15(14)13-22/h1-2,4-5,16-17H,3,6-11,13,21H2/p+1/t16-,17-/m0/s1. The Morgan fingerprint density at radius 1 is 1.28 bits per heavy atom. The number of nitrogens with zero attached hydrogens (tertiary/aromatic N) is 3. The van der Waals surface area contributed by atoms with Crippen molar-refractivity contribution in [3.8, 4) is 6.07 Å². The fourth-order valence-corrected chi connectivity index (χ4v) is 3.69. The minimum Gasteiger partial charge on any atom is -0.347 e. The van der Waals surface area contributed by atoms with Crippen molar-refractivity contribution < 1.29 is 15.3 Å². The fourth-order valence-electron chi connectivity index (χ4n) is 3.69. The van der Waals surface area contributed by atoms with Gasteiger partial charge in [0.25, 0.3) is 5.91 Å². The minimum absolute atomic E-state index is 0.0780. The summed E-state index contributed by atoms with van der Waals surface area (Å²) >= 11 is 0. The molecule has 6 nitrogen and oxygen atoms in total. The smallest absolute Gasteiger partial charge is 0.281 e. The van der Waals surface area contributed by atoms with Gasteiger partial charge in [0.2, 0.25) is 5.91 Å². The molecule has 0 aliphatic carbocycles. The fraction of sp³-hybridized carbons (Fsp3) is 0.526. The highest BCUT2D eigenvalue weighted by atomic mass is 16.2. The Kier molecular flexibility index (Phi) is 5.34. The molecule has 0 radical (unpaired) electrons. The van der Waals surface area contributed by atoms with Crippen LogP contribution in [-0.4, -0.2) is 46.8 Å². The molecule has 2 heterocycles. The quantitative estimate of drug-likeness (QED) is 0.863. The minimum atomic E-state index is -0.463. The predicted octanol–water partition coefficient (Wildman–Crippen LogP) is 0.477. The summed E-state index contributed by atoms with van der Waals surface area (Å²) in [5.74, 6) is -0.0185. The number of amides is 2. The molecule has 2 amide bonds. The van der Waals surface area contributed by atoms with Crippen molar-refractivity contribution in [2.24, 2.45) is 0 Å². The van der Waals surface area contributed by atoms with Crippen LogP contribution in [0.2, 0.25) is 0 Å². The zero-order valence-electron chi connectivity index (χ0n) is 14.5. The molecule has 2 aliphatic heterocycles. The molecule has 1 aromatic rings. The van der Waals surface area contributed by atoms with Gasteiger partial charge in [0, 0.05) is 32.5 Å². The van der Waals surface area contributed by atoms with Gasteiger partial charge in [0.15, 0.2) is 6.04 Å². The van der Waals surface area contributed by atoms with E-state index in [1.54, 1.807) is 4.90 Å². The Morgan fingerprint density at radius 3 is 2.80 bits per heavy atom. The molecule has 0 saturated carbocycles. The van der Waals surface area contributed by atoms with E-state index in [0.717, 1.165) is 25.8 Å². The molecule has 0 bridgehead atoms. The first-order valence-corrected chi connectivity index (χ1v) is 8.98. The highest BCUT2D eigenvalue weighted by molar-refractivity contribution is 5.82. The SMILES string of the molecule is N#C[C@@H]1CCCN1C(=O)[C@@H]([NH3+])CCC(=O)N1CCc2ccccc2C1. The number of carbonyl (C=O) groups excluding carboxylic acids is 2. The number of rotatable bonds is 4. The maximum Gasteiger partial charge on any atom is 0.281 e. The highest BCUT2D eigenvalue weighted by Gasteiger charge is 2.33. The van der Waals surface area contributed by atoms with E-state index in [1.165, 1.54) is 11.1 Å². The van der Waals surface area contributed by atoms with Crippen LogP contribution in [0.3, 0.4) is 0 Å². The Labute approximate surface area is 148 Å². The van der Waals surface area contributed by atoms with E-state index >= 15 is 0 Å². The van der Waals surface area contributed by atoms with Crippen molar-refractivity contribution in [2.45, 2.75) is 50.7 Å². The number of quaternary nitrogens is 1. The molecule has 0 spiro atoms. The molecule has 2 atom stereocenters. The zero-order valence-corrected chi connectivity index (χ0v) is 14.5. The predicted molar refractivity (Wildman–Crippen MR) is 91.8 cm³/mol. The molecule has 1 saturated heterocycles. The molecule has 3 rings (SSSR count). The van der Waals surface area contributed by atoms with Crippen molar-refractivity contribution in [1.82, 2.24) is 9.80 Å². The van der Waals surface area contributed by atoms with Crippen LogP contribution in [0, 0.1) is 11.3 Å². The van der Waals surface area contributed by atoms with Crippen molar-refractivity contribution in [2.75, 3.05) is 13.1 Å². The topological polar surface area (TPSA) is 92.0 Å². The lowest BCUT2D eigenvalue weighted by molar-refractivity contribution is -0.407. The largest absolute Gasteiger partial charge is 0.347 e. The molecule has 132 valence electrons. The molecule has 25 heavy (non-hydrogen) atoms. The molecular formula is C19H25N4O2+. The highest BCUT2D eigenvalue weighted by Crippen LogP contribution is 2.20. The second kappa shape index (κ2) is 7.66. The van der Waals surface area contributed by atoms with Crippen LogP contribution >= 0.6 is 0 Å².